The maximum atomic E-state index is 12.7. The van der Waals surface area contributed by atoms with Crippen LogP contribution < -0.4 is 5.32 Å². The zero-order valence-corrected chi connectivity index (χ0v) is 19.8. The van der Waals surface area contributed by atoms with Gasteiger partial charge in [-0.05, 0) is 35.7 Å². The van der Waals surface area contributed by atoms with Crippen molar-refractivity contribution in [2.75, 3.05) is 38.0 Å². The molecule has 3 aromatic rings. The van der Waals surface area contributed by atoms with E-state index in [2.05, 4.69) is 17.4 Å². The molecule has 1 amide bonds. The molecule has 4 rings (SSSR count). The molecule has 0 spiro atoms. The van der Waals surface area contributed by atoms with Crippen LogP contribution in [0.1, 0.15) is 11.1 Å². The third-order valence-corrected chi connectivity index (χ3v) is 8.97. The number of rotatable bonds is 7. The number of amides is 1. The van der Waals surface area contributed by atoms with Crippen molar-refractivity contribution in [1.82, 2.24) is 9.21 Å². The average Bonchev–Trinajstić information content (AvgIpc) is 3.23. The molecule has 0 atom stereocenters. The second kappa shape index (κ2) is 10.1. The number of benzene rings is 2. The van der Waals surface area contributed by atoms with Gasteiger partial charge in [0.2, 0.25) is 5.91 Å². The number of hydrogen-bond acceptors (Lipinski definition) is 5. The molecule has 6 nitrogen and oxygen atoms in total. The highest BCUT2D eigenvalue weighted by molar-refractivity contribution is 7.91. The van der Waals surface area contributed by atoms with E-state index in [4.69, 9.17) is 11.6 Å². The number of nitrogens with one attached hydrogen (secondary N) is 1. The molecule has 2 heterocycles. The van der Waals surface area contributed by atoms with Crippen LogP contribution in [-0.2, 0) is 21.2 Å². The first-order valence-electron chi connectivity index (χ1n) is 10.3. The minimum atomic E-state index is -3.54. The van der Waals surface area contributed by atoms with Gasteiger partial charge in [-0.3, -0.25) is 9.69 Å². The number of halogens is 1. The van der Waals surface area contributed by atoms with E-state index in [1.54, 1.807) is 6.07 Å². The fourth-order valence-electron chi connectivity index (χ4n) is 3.70. The Morgan fingerprint density at radius 1 is 0.938 bits per heavy atom. The fourth-order valence-corrected chi connectivity index (χ4v) is 6.76. The number of hydrogen-bond donors (Lipinski definition) is 1. The van der Waals surface area contributed by atoms with Crippen molar-refractivity contribution in [2.24, 2.45) is 0 Å². The number of carbonyl (C=O) groups is 1. The summed E-state index contributed by atoms with van der Waals surface area (Å²) in [6, 6.07) is 21.1. The summed E-state index contributed by atoms with van der Waals surface area (Å²) in [6.07, 6.45) is 0.737. The molecule has 9 heteroatoms. The summed E-state index contributed by atoms with van der Waals surface area (Å²) in [7, 11) is -3.54. The van der Waals surface area contributed by atoms with Crippen molar-refractivity contribution in [2.45, 2.75) is 10.6 Å². The number of para-hydroxylation sites is 1. The highest BCUT2D eigenvalue weighted by Gasteiger charge is 2.30. The Balaban J connectivity index is 1.32. The molecule has 0 unspecified atom stereocenters. The summed E-state index contributed by atoms with van der Waals surface area (Å²) in [5.74, 6) is -0.105. The van der Waals surface area contributed by atoms with E-state index in [0.717, 1.165) is 29.0 Å². The number of thiophene rings is 1. The molecule has 168 valence electrons. The molecule has 1 aliphatic heterocycles. The molecule has 0 aliphatic carbocycles. The molecule has 0 radical (unpaired) electrons. The van der Waals surface area contributed by atoms with Crippen LogP contribution in [0.5, 0.6) is 0 Å². The number of nitrogens with zero attached hydrogens (tertiary/aromatic N) is 2. The van der Waals surface area contributed by atoms with E-state index in [-0.39, 0.29) is 16.7 Å². The van der Waals surface area contributed by atoms with Crippen molar-refractivity contribution in [3.05, 3.63) is 82.2 Å². The molecule has 0 bridgehead atoms. The summed E-state index contributed by atoms with van der Waals surface area (Å²) >= 11 is 6.95. The smallest absolute Gasteiger partial charge is 0.252 e. The van der Waals surface area contributed by atoms with Crippen LogP contribution in [0, 0.1) is 0 Å². The molecule has 1 aromatic heterocycles. The van der Waals surface area contributed by atoms with Crippen LogP contribution >= 0.6 is 22.9 Å². The predicted molar refractivity (Wildman–Crippen MR) is 129 cm³/mol. The summed E-state index contributed by atoms with van der Waals surface area (Å²) < 4.78 is 27.6. The van der Waals surface area contributed by atoms with Crippen molar-refractivity contribution >= 4 is 44.6 Å². The highest BCUT2D eigenvalue weighted by Crippen LogP contribution is 2.28. The van der Waals surface area contributed by atoms with Crippen LogP contribution in [0.4, 0.5) is 5.69 Å². The van der Waals surface area contributed by atoms with E-state index in [0.29, 0.717) is 30.5 Å². The molecule has 1 N–H and O–H groups in total. The van der Waals surface area contributed by atoms with Gasteiger partial charge < -0.3 is 5.32 Å². The van der Waals surface area contributed by atoms with Gasteiger partial charge >= 0.3 is 0 Å². The molecular formula is C23H24ClN3O3S2. The standard InChI is InChI=1S/C23H24ClN3O3S2/c24-21-10-11-23(31-21)32(29,30)27-14-12-26(13-15-27)17-22(28)25-20-9-5-4-8-19(20)16-18-6-2-1-3-7-18/h1-11H,12-17H2,(H,25,28). The van der Waals surface area contributed by atoms with Gasteiger partial charge in [-0.25, -0.2) is 8.42 Å². The maximum Gasteiger partial charge on any atom is 0.252 e. The van der Waals surface area contributed by atoms with Crippen molar-refractivity contribution in [3.8, 4) is 0 Å². The molecule has 1 saturated heterocycles. The normalized spacial score (nSPS) is 15.5. The van der Waals surface area contributed by atoms with Gasteiger partial charge in [-0.2, -0.15) is 4.31 Å². The lowest BCUT2D eigenvalue weighted by Gasteiger charge is -2.33. The lowest BCUT2D eigenvalue weighted by molar-refractivity contribution is -0.117. The Morgan fingerprint density at radius 3 is 2.31 bits per heavy atom. The number of carbonyl (C=O) groups excluding carboxylic acids is 1. The highest BCUT2D eigenvalue weighted by atomic mass is 35.5. The van der Waals surface area contributed by atoms with Gasteiger partial charge in [0.25, 0.3) is 10.0 Å². The van der Waals surface area contributed by atoms with E-state index in [1.165, 1.54) is 15.9 Å². The lowest BCUT2D eigenvalue weighted by Crippen LogP contribution is -2.50. The van der Waals surface area contributed by atoms with Crippen molar-refractivity contribution in [3.63, 3.8) is 0 Å². The fraction of sp³-hybridized carbons (Fsp3) is 0.261. The average molecular weight is 490 g/mol. The van der Waals surface area contributed by atoms with E-state index >= 15 is 0 Å². The summed E-state index contributed by atoms with van der Waals surface area (Å²) in [4.78, 5) is 14.7. The van der Waals surface area contributed by atoms with Gasteiger partial charge in [0, 0.05) is 31.9 Å². The van der Waals surface area contributed by atoms with E-state index < -0.39 is 10.0 Å². The van der Waals surface area contributed by atoms with Crippen molar-refractivity contribution in [1.29, 1.82) is 0 Å². The van der Waals surface area contributed by atoms with Crippen LogP contribution in [-0.4, -0.2) is 56.3 Å². The molecule has 0 saturated carbocycles. The molecule has 1 fully saturated rings. The second-order valence-electron chi connectivity index (χ2n) is 7.61. The van der Waals surface area contributed by atoms with E-state index in [9.17, 15) is 13.2 Å². The Bertz CT molecular complexity index is 1170. The summed E-state index contributed by atoms with van der Waals surface area (Å²) in [6.45, 7) is 1.90. The minimum absolute atomic E-state index is 0.105. The predicted octanol–water partition coefficient (Wildman–Crippen LogP) is 3.94. The first kappa shape index (κ1) is 22.9. The third kappa shape index (κ3) is 5.57. The van der Waals surface area contributed by atoms with Gasteiger partial charge in [-0.1, -0.05) is 60.1 Å². The van der Waals surface area contributed by atoms with Gasteiger partial charge in [0.1, 0.15) is 4.21 Å². The zero-order valence-electron chi connectivity index (χ0n) is 17.4. The zero-order chi connectivity index (χ0) is 22.6. The summed E-state index contributed by atoms with van der Waals surface area (Å²) in [5.41, 5.74) is 3.04. The minimum Gasteiger partial charge on any atom is -0.325 e. The SMILES string of the molecule is O=C(CN1CCN(S(=O)(=O)c2ccc(Cl)s2)CC1)Nc1ccccc1Cc1ccccc1. The van der Waals surface area contributed by atoms with Gasteiger partial charge in [-0.15, -0.1) is 11.3 Å². The quantitative estimate of drug-likeness (QED) is 0.545. The lowest BCUT2D eigenvalue weighted by atomic mass is 10.0. The first-order valence-corrected chi connectivity index (χ1v) is 12.9. The molecule has 1 aliphatic rings. The van der Waals surface area contributed by atoms with Crippen LogP contribution in [0.25, 0.3) is 0 Å². The van der Waals surface area contributed by atoms with E-state index in [1.807, 2.05) is 47.4 Å². The largest absolute Gasteiger partial charge is 0.325 e. The Labute approximate surface area is 197 Å². The maximum absolute atomic E-state index is 12.7. The third-order valence-electron chi connectivity index (χ3n) is 5.37. The first-order chi connectivity index (χ1) is 15.4. The van der Waals surface area contributed by atoms with Gasteiger partial charge in [0.05, 0.1) is 10.9 Å². The Kier molecular flexibility index (Phi) is 7.27. The Hall–Kier alpha value is -2.23. The Morgan fingerprint density at radius 2 is 1.62 bits per heavy atom. The number of sulfonamides is 1. The van der Waals surface area contributed by atoms with Crippen molar-refractivity contribution < 1.29 is 13.2 Å². The van der Waals surface area contributed by atoms with Crippen LogP contribution in [0.3, 0.4) is 0 Å². The monoisotopic (exact) mass is 489 g/mol. The molecule has 32 heavy (non-hydrogen) atoms. The number of piperazine rings is 1. The van der Waals surface area contributed by atoms with Gasteiger partial charge in [0.15, 0.2) is 0 Å². The van der Waals surface area contributed by atoms with Crippen LogP contribution in [0.2, 0.25) is 4.34 Å². The topological polar surface area (TPSA) is 69.7 Å². The molecule has 2 aromatic carbocycles. The molecular weight excluding hydrogens is 466 g/mol. The van der Waals surface area contributed by atoms with Crippen LogP contribution in [0.15, 0.2) is 70.9 Å². The second-order valence-corrected chi connectivity index (χ2v) is 11.5. The summed E-state index contributed by atoms with van der Waals surface area (Å²) in [5, 5.41) is 3.02. The number of anilines is 1.